The van der Waals surface area contributed by atoms with Crippen LogP contribution in [-0.2, 0) is 20.9 Å². The number of fused-ring (bicyclic) bond motifs is 2. The van der Waals surface area contributed by atoms with Crippen LogP contribution in [0, 0.1) is 11.8 Å². The quantitative estimate of drug-likeness (QED) is 0.297. The maximum absolute atomic E-state index is 2.57. The first-order chi connectivity index (χ1) is 11.8. The molecule has 0 bridgehead atoms. The summed E-state index contributed by atoms with van der Waals surface area (Å²) in [7, 11) is 0. The van der Waals surface area contributed by atoms with Crippen LogP contribution in [0.3, 0.4) is 0 Å². The van der Waals surface area contributed by atoms with Crippen molar-refractivity contribution in [2.45, 2.75) is 71.7 Å². The van der Waals surface area contributed by atoms with Gasteiger partial charge in [-0.3, -0.25) is 0 Å². The SMILES string of the molecule is CC[SiH](CC)[Zr+2]([CH]1CCC2CC=CC=C21)[CH]1CCC2CC=CC=C21.[I-].[I-]. The molecule has 0 aliphatic heterocycles. The third-order valence-corrected chi connectivity index (χ3v) is 35.0. The van der Waals surface area contributed by atoms with Crippen molar-refractivity contribution in [3.63, 3.8) is 0 Å². The standard InChI is InChI=1S/2C9H11.C4H11Si.2HI.Zr/c2*1-2-5-9-7-3-6-8(9)4-1;1-3-5-4-2;;;/h2*1-2,4,6,9H,3,5,7H2;5H,3-4H2,1-2H3;2*1H;/q;;;;;+2/p-2. The van der Waals surface area contributed by atoms with E-state index >= 15 is 0 Å². The second-order valence-electron chi connectivity index (χ2n) is 8.33. The molecule has 4 atom stereocenters. The van der Waals surface area contributed by atoms with Gasteiger partial charge < -0.3 is 48.0 Å². The minimum Gasteiger partial charge on any atom is -1.00 e. The maximum Gasteiger partial charge on any atom is -1.00 e. The normalized spacial score (nSPS) is 31.5. The number of halogens is 2. The summed E-state index contributed by atoms with van der Waals surface area (Å²) in [5.74, 6) is 1.40. The van der Waals surface area contributed by atoms with E-state index in [0.717, 1.165) is 19.1 Å². The molecule has 4 unspecified atom stereocenters. The predicted molar refractivity (Wildman–Crippen MR) is 105 cm³/mol. The van der Waals surface area contributed by atoms with Crippen molar-refractivity contribution in [3.8, 4) is 0 Å². The molecule has 0 amide bonds. The van der Waals surface area contributed by atoms with Crippen LogP contribution in [0.2, 0.25) is 19.3 Å². The first-order valence-electron chi connectivity index (χ1n) is 10.4. The predicted octanol–water partition coefficient (Wildman–Crippen LogP) is 0.546. The second-order valence-corrected chi connectivity index (χ2v) is 27.2. The number of hydrogen-bond donors (Lipinski definition) is 0. The van der Waals surface area contributed by atoms with Gasteiger partial charge in [-0.1, -0.05) is 0 Å². The zero-order chi connectivity index (χ0) is 16.5. The minimum atomic E-state index is -1.43. The Labute approximate surface area is 203 Å². The summed E-state index contributed by atoms with van der Waals surface area (Å²) in [5.41, 5.74) is 3.89. The summed E-state index contributed by atoms with van der Waals surface area (Å²) in [4.78, 5) is 0. The Morgan fingerprint density at radius 1 is 0.808 bits per heavy atom. The van der Waals surface area contributed by atoms with E-state index in [2.05, 4.69) is 50.3 Å². The van der Waals surface area contributed by atoms with E-state index in [1.807, 2.05) is 11.1 Å². The van der Waals surface area contributed by atoms with Gasteiger partial charge in [0.25, 0.3) is 0 Å². The van der Waals surface area contributed by atoms with Crippen LogP contribution < -0.4 is 48.0 Å². The Balaban J connectivity index is 0.00000121. The molecule has 0 spiro atoms. The number of hydrogen-bond acceptors (Lipinski definition) is 0. The summed E-state index contributed by atoms with van der Waals surface area (Å²) in [6.07, 6.45) is 23.6. The van der Waals surface area contributed by atoms with E-state index in [-0.39, 0.29) is 48.0 Å². The Morgan fingerprint density at radius 3 is 1.69 bits per heavy atom. The average molecular weight is 671 g/mol. The second kappa shape index (κ2) is 11.1. The van der Waals surface area contributed by atoms with E-state index in [1.54, 1.807) is 24.9 Å². The van der Waals surface area contributed by atoms with Gasteiger partial charge in [0.1, 0.15) is 0 Å². The van der Waals surface area contributed by atoms with Crippen molar-refractivity contribution in [1.82, 2.24) is 0 Å². The molecule has 4 heteroatoms. The van der Waals surface area contributed by atoms with Crippen LogP contribution >= 0.6 is 0 Å². The molecule has 143 valence electrons. The molecule has 0 nitrogen and oxygen atoms in total. The van der Waals surface area contributed by atoms with Crippen molar-refractivity contribution < 1.29 is 68.9 Å². The van der Waals surface area contributed by atoms with Gasteiger partial charge in [0.15, 0.2) is 0 Å². The van der Waals surface area contributed by atoms with Gasteiger partial charge in [0, 0.05) is 0 Å². The molecule has 0 aromatic heterocycles. The molecule has 0 saturated heterocycles. The third-order valence-electron chi connectivity index (χ3n) is 7.31. The summed E-state index contributed by atoms with van der Waals surface area (Å²) < 4.78 is 2.24. The number of allylic oxidation sites excluding steroid dienone is 8. The molecule has 26 heavy (non-hydrogen) atoms. The van der Waals surface area contributed by atoms with Crippen molar-refractivity contribution in [3.05, 3.63) is 47.6 Å². The number of rotatable bonds is 5. The van der Waals surface area contributed by atoms with Crippen molar-refractivity contribution in [2.75, 3.05) is 0 Å². The zero-order valence-corrected chi connectivity index (χ0v) is 24.2. The van der Waals surface area contributed by atoms with Crippen LogP contribution in [0.1, 0.15) is 52.4 Å². The van der Waals surface area contributed by atoms with Crippen molar-refractivity contribution in [2.24, 2.45) is 11.8 Å². The molecule has 0 N–H and O–H groups in total. The fraction of sp³-hybridized carbons (Fsp3) is 0.636. The van der Waals surface area contributed by atoms with Gasteiger partial charge in [-0.05, 0) is 0 Å². The first-order valence-corrected chi connectivity index (χ1v) is 19.7. The average Bonchev–Trinajstić information content (AvgIpc) is 3.24. The Bertz CT molecular complexity index is 545. The molecule has 0 radical (unpaired) electrons. The van der Waals surface area contributed by atoms with Crippen molar-refractivity contribution >= 4 is 5.92 Å². The molecular formula is C22H33I2SiZr. The summed E-state index contributed by atoms with van der Waals surface area (Å²) >= 11 is -1.43. The van der Waals surface area contributed by atoms with Gasteiger partial charge in [0.05, 0.1) is 0 Å². The molecule has 4 aliphatic carbocycles. The Kier molecular flexibility index (Phi) is 10.1. The first kappa shape index (κ1) is 23.8. The molecule has 0 heterocycles. The fourth-order valence-electron chi connectivity index (χ4n) is 6.12. The molecule has 2 saturated carbocycles. The van der Waals surface area contributed by atoms with Gasteiger partial charge >= 0.3 is 158 Å². The van der Waals surface area contributed by atoms with Gasteiger partial charge in [-0.15, -0.1) is 0 Å². The molecule has 0 aromatic rings. The van der Waals surface area contributed by atoms with Crippen LogP contribution in [0.25, 0.3) is 0 Å². The van der Waals surface area contributed by atoms with E-state index < -0.39 is 26.8 Å². The molecule has 4 aliphatic rings. The van der Waals surface area contributed by atoms with Crippen molar-refractivity contribution in [1.29, 1.82) is 0 Å². The van der Waals surface area contributed by atoms with Crippen LogP contribution in [-0.4, -0.2) is 5.92 Å². The zero-order valence-electron chi connectivity index (χ0n) is 16.3. The van der Waals surface area contributed by atoms with Crippen LogP contribution in [0.5, 0.6) is 0 Å². The molecular weight excluding hydrogens is 637 g/mol. The van der Waals surface area contributed by atoms with E-state index in [0.29, 0.717) is 0 Å². The summed E-state index contributed by atoms with van der Waals surface area (Å²) in [6.45, 7) is 5.09. The third kappa shape index (κ3) is 4.64. The van der Waals surface area contributed by atoms with Gasteiger partial charge in [-0.25, -0.2) is 0 Å². The van der Waals surface area contributed by atoms with E-state index in [9.17, 15) is 0 Å². The minimum absolute atomic E-state index is 0. The van der Waals surface area contributed by atoms with Crippen LogP contribution in [0.15, 0.2) is 47.6 Å². The molecule has 0 aromatic carbocycles. The Hall–Kier alpha value is 1.52. The van der Waals surface area contributed by atoms with E-state index in [4.69, 9.17) is 0 Å². The largest absolute Gasteiger partial charge is 1.00 e. The maximum atomic E-state index is 2.57. The smallest absolute Gasteiger partial charge is 1.00 e. The fourth-order valence-corrected chi connectivity index (χ4v) is 35.5. The Morgan fingerprint density at radius 2 is 1.27 bits per heavy atom. The van der Waals surface area contributed by atoms with Crippen LogP contribution in [0.4, 0.5) is 0 Å². The topological polar surface area (TPSA) is 0 Å². The summed E-state index contributed by atoms with van der Waals surface area (Å²) in [5, 5.41) is 0. The van der Waals surface area contributed by atoms with Gasteiger partial charge in [0.2, 0.25) is 0 Å². The van der Waals surface area contributed by atoms with Gasteiger partial charge in [-0.2, -0.15) is 0 Å². The molecule has 4 rings (SSSR count). The molecule has 2 fully saturated rings. The van der Waals surface area contributed by atoms with E-state index in [1.165, 1.54) is 25.7 Å². The summed E-state index contributed by atoms with van der Waals surface area (Å²) in [6, 6.07) is 3.17. The monoisotopic (exact) mass is 669 g/mol.